The maximum Gasteiger partial charge on any atom is 0.300 e. The third-order valence-electron chi connectivity index (χ3n) is 6.27. The van der Waals surface area contributed by atoms with Gasteiger partial charge in [-0.25, -0.2) is 0 Å². The first-order chi connectivity index (χ1) is 18.5. The molecule has 0 saturated carbocycles. The average Bonchev–Trinajstić information content (AvgIpc) is 3.17. The molecule has 2 N–H and O–H groups in total. The van der Waals surface area contributed by atoms with Gasteiger partial charge in [-0.3, -0.25) is 14.5 Å². The molecule has 1 aliphatic rings. The lowest BCUT2D eigenvalue weighted by Crippen LogP contribution is -2.29. The van der Waals surface area contributed by atoms with Gasteiger partial charge in [0.1, 0.15) is 10.8 Å². The number of amides is 1. The first-order valence-corrected chi connectivity index (χ1v) is 12.8. The van der Waals surface area contributed by atoms with E-state index in [1.807, 2.05) is 0 Å². The van der Waals surface area contributed by atoms with Crippen molar-refractivity contribution >= 4 is 57.9 Å². The molecule has 1 heterocycles. The second-order valence-electron chi connectivity index (χ2n) is 8.55. The van der Waals surface area contributed by atoms with E-state index < -0.39 is 23.5 Å². The lowest BCUT2D eigenvalue weighted by Gasteiger charge is -2.26. The molecule has 0 radical (unpaired) electrons. The Morgan fingerprint density at radius 1 is 0.974 bits per heavy atom. The minimum Gasteiger partial charge on any atom is -0.507 e. The molecular weight excluding hydrogens is 569 g/mol. The topological polar surface area (TPSA) is 106 Å². The summed E-state index contributed by atoms with van der Waals surface area (Å²) in [5.41, 5.74) is 1.17. The van der Waals surface area contributed by atoms with E-state index >= 15 is 0 Å². The van der Waals surface area contributed by atoms with Crippen molar-refractivity contribution in [2.24, 2.45) is 0 Å². The van der Waals surface area contributed by atoms with Gasteiger partial charge in [0, 0.05) is 10.7 Å². The Balaban J connectivity index is 2.04. The molecule has 11 heteroatoms. The van der Waals surface area contributed by atoms with E-state index in [0.717, 1.165) is 5.56 Å². The van der Waals surface area contributed by atoms with Crippen LogP contribution in [0, 0.1) is 6.92 Å². The van der Waals surface area contributed by atoms with E-state index in [9.17, 15) is 19.8 Å². The molecule has 3 aromatic carbocycles. The molecule has 1 fully saturated rings. The molecule has 1 unspecified atom stereocenters. The summed E-state index contributed by atoms with van der Waals surface area (Å²) in [4.78, 5) is 28.3. The van der Waals surface area contributed by atoms with E-state index in [0.29, 0.717) is 16.3 Å². The molecule has 4 rings (SSSR count). The van der Waals surface area contributed by atoms with Crippen molar-refractivity contribution < 1.29 is 34.0 Å². The molecule has 204 valence electrons. The predicted octanol–water partition coefficient (Wildman–Crippen LogP) is 6.70. The van der Waals surface area contributed by atoms with Gasteiger partial charge < -0.3 is 24.4 Å². The van der Waals surface area contributed by atoms with Crippen molar-refractivity contribution in [3.63, 3.8) is 0 Å². The smallest absolute Gasteiger partial charge is 0.300 e. The Kier molecular flexibility index (Phi) is 8.20. The van der Waals surface area contributed by atoms with Crippen LogP contribution in [0.2, 0.25) is 15.1 Å². The van der Waals surface area contributed by atoms with E-state index in [-0.39, 0.29) is 50.8 Å². The molecule has 1 atom stereocenters. The van der Waals surface area contributed by atoms with Gasteiger partial charge in [-0.05, 0) is 55.3 Å². The van der Waals surface area contributed by atoms with Gasteiger partial charge in [0.2, 0.25) is 0 Å². The van der Waals surface area contributed by atoms with Crippen LogP contribution in [0.25, 0.3) is 5.76 Å². The fraction of sp³-hybridized carbons (Fsp3) is 0.214. The number of Topliss-reactive ketones (excluding diaryl/α,β-unsaturated/α-hetero) is 1. The third kappa shape index (κ3) is 4.95. The summed E-state index contributed by atoms with van der Waals surface area (Å²) >= 11 is 19.1. The zero-order valence-corrected chi connectivity index (χ0v) is 23.6. The number of anilines is 1. The summed E-state index contributed by atoms with van der Waals surface area (Å²) in [7, 11) is 2.69. The summed E-state index contributed by atoms with van der Waals surface area (Å²) in [5, 5.41) is 22.3. The van der Waals surface area contributed by atoms with E-state index in [1.54, 1.807) is 32.0 Å². The van der Waals surface area contributed by atoms with Crippen LogP contribution in [-0.2, 0) is 9.59 Å². The predicted molar refractivity (Wildman–Crippen MR) is 150 cm³/mol. The maximum atomic E-state index is 13.6. The van der Waals surface area contributed by atoms with Gasteiger partial charge >= 0.3 is 0 Å². The number of aliphatic hydroxyl groups excluding tert-OH is 1. The first-order valence-electron chi connectivity index (χ1n) is 11.7. The molecule has 0 aliphatic carbocycles. The molecule has 8 nitrogen and oxygen atoms in total. The van der Waals surface area contributed by atoms with Crippen LogP contribution in [0.5, 0.6) is 23.0 Å². The third-order valence-corrected chi connectivity index (χ3v) is 7.30. The molecule has 1 aliphatic heterocycles. The average molecular weight is 593 g/mol. The molecule has 39 heavy (non-hydrogen) atoms. The monoisotopic (exact) mass is 591 g/mol. The number of hydrogen-bond donors (Lipinski definition) is 2. The minimum absolute atomic E-state index is 0.0144. The van der Waals surface area contributed by atoms with Gasteiger partial charge in [0.05, 0.1) is 43.0 Å². The van der Waals surface area contributed by atoms with Crippen molar-refractivity contribution in [3.8, 4) is 23.0 Å². The van der Waals surface area contributed by atoms with Gasteiger partial charge in [0.25, 0.3) is 11.7 Å². The van der Waals surface area contributed by atoms with Crippen LogP contribution in [0.3, 0.4) is 0 Å². The number of aliphatic hydroxyl groups is 1. The standard InChI is InChI=1S/C28H24Cl3NO7/c1-5-39-20-10-14(7-9-19(20)33)23-21(24(34)16-12-18(30)27(38-4)22(31)26(16)37-3)25(35)28(36)32(23)15-8-6-13(2)17(29)11-15/h6-12,23,33-34H,5H2,1-4H3/b24-21+. The summed E-state index contributed by atoms with van der Waals surface area (Å²) in [6.07, 6.45) is 0. The number of benzene rings is 3. The van der Waals surface area contributed by atoms with Gasteiger partial charge in [-0.2, -0.15) is 0 Å². The Labute approximate surface area is 239 Å². The maximum absolute atomic E-state index is 13.6. The highest BCUT2D eigenvalue weighted by molar-refractivity contribution is 6.52. The number of rotatable bonds is 7. The summed E-state index contributed by atoms with van der Waals surface area (Å²) in [5.74, 6) is -2.35. The summed E-state index contributed by atoms with van der Waals surface area (Å²) < 4.78 is 16.2. The minimum atomic E-state index is -1.15. The molecule has 0 spiro atoms. The Bertz CT molecular complexity index is 1520. The van der Waals surface area contributed by atoms with Crippen LogP contribution in [0.15, 0.2) is 48.0 Å². The number of ketones is 1. The number of halogens is 3. The van der Waals surface area contributed by atoms with Crippen LogP contribution in [0.4, 0.5) is 5.69 Å². The number of nitrogens with zero attached hydrogens (tertiary/aromatic N) is 1. The van der Waals surface area contributed by atoms with Crippen LogP contribution < -0.4 is 19.1 Å². The highest BCUT2D eigenvalue weighted by atomic mass is 35.5. The Morgan fingerprint density at radius 2 is 1.67 bits per heavy atom. The second-order valence-corrected chi connectivity index (χ2v) is 9.74. The number of methoxy groups -OCH3 is 2. The fourth-order valence-corrected chi connectivity index (χ4v) is 5.27. The number of phenolic OH excluding ortho intramolecular Hbond substituents is 1. The van der Waals surface area contributed by atoms with E-state index in [4.69, 9.17) is 49.0 Å². The molecule has 0 aromatic heterocycles. The van der Waals surface area contributed by atoms with E-state index in [2.05, 4.69) is 0 Å². The number of phenols is 1. The van der Waals surface area contributed by atoms with Gasteiger partial charge in [-0.1, -0.05) is 46.9 Å². The summed E-state index contributed by atoms with van der Waals surface area (Å²) in [6.45, 7) is 3.80. The van der Waals surface area contributed by atoms with Gasteiger partial charge in [-0.15, -0.1) is 0 Å². The zero-order chi connectivity index (χ0) is 28.6. The van der Waals surface area contributed by atoms with Crippen molar-refractivity contribution in [1.82, 2.24) is 0 Å². The second kappa shape index (κ2) is 11.3. The van der Waals surface area contributed by atoms with Crippen molar-refractivity contribution in [2.75, 3.05) is 25.7 Å². The van der Waals surface area contributed by atoms with Crippen molar-refractivity contribution in [1.29, 1.82) is 0 Å². The summed E-state index contributed by atoms with van der Waals surface area (Å²) in [6, 6.07) is 9.49. The highest BCUT2D eigenvalue weighted by Gasteiger charge is 2.47. The number of hydrogen-bond acceptors (Lipinski definition) is 7. The van der Waals surface area contributed by atoms with Crippen LogP contribution >= 0.6 is 34.8 Å². The number of carbonyl (C=O) groups is 2. The SMILES string of the molecule is CCOc1cc(C2/C(=C(\O)c3cc(Cl)c(OC)c(Cl)c3OC)C(=O)C(=O)N2c2ccc(C)c(Cl)c2)ccc1O. The van der Waals surface area contributed by atoms with Gasteiger partial charge in [0.15, 0.2) is 23.0 Å². The van der Waals surface area contributed by atoms with E-state index in [1.165, 1.54) is 43.4 Å². The largest absolute Gasteiger partial charge is 0.507 e. The first kappa shape index (κ1) is 28.4. The molecule has 1 amide bonds. The van der Waals surface area contributed by atoms with Crippen molar-refractivity contribution in [2.45, 2.75) is 19.9 Å². The lowest BCUT2D eigenvalue weighted by atomic mass is 9.94. The number of carbonyl (C=O) groups excluding carboxylic acids is 2. The number of ether oxygens (including phenoxy) is 3. The fourth-order valence-electron chi connectivity index (χ4n) is 4.41. The van der Waals surface area contributed by atoms with Crippen molar-refractivity contribution in [3.05, 3.63) is 79.8 Å². The molecular formula is C28H24Cl3NO7. The lowest BCUT2D eigenvalue weighted by molar-refractivity contribution is -0.132. The van der Waals surface area contributed by atoms with Crippen LogP contribution in [0.1, 0.15) is 29.7 Å². The quantitative estimate of drug-likeness (QED) is 0.179. The Hall–Kier alpha value is -3.59. The Morgan fingerprint density at radius 3 is 2.28 bits per heavy atom. The number of aryl methyl sites for hydroxylation is 1. The zero-order valence-electron chi connectivity index (χ0n) is 21.3. The highest BCUT2D eigenvalue weighted by Crippen LogP contribution is 2.49. The number of aromatic hydroxyl groups is 1. The van der Waals surface area contributed by atoms with Crippen LogP contribution in [-0.4, -0.2) is 42.7 Å². The molecule has 0 bridgehead atoms. The molecule has 1 saturated heterocycles. The normalized spacial score (nSPS) is 16.5. The molecule has 3 aromatic rings.